The van der Waals surface area contributed by atoms with Gasteiger partial charge in [-0.3, -0.25) is 0 Å². The number of fused-ring (bicyclic) bond motifs is 3. The molecule has 0 aromatic heterocycles. The molecule has 4 rings (SSSR count). The van der Waals surface area contributed by atoms with Gasteiger partial charge in [-0.2, -0.15) is 0 Å². The second-order valence-electron chi connectivity index (χ2n) is 7.49. The minimum absolute atomic E-state index is 0.0967. The number of nitrogens with one attached hydrogen (secondary N) is 1. The van der Waals surface area contributed by atoms with Crippen LogP contribution in [0.15, 0.2) is 78.9 Å². The van der Waals surface area contributed by atoms with Crippen molar-refractivity contribution in [3.63, 3.8) is 0 Å². The summed E-state index contributed by atoms with van der Waals surface area (Å²) in [6.45, 7) is 1.84. The molecule has 3 aromatic rings. The van der Waals surface area contributed by atoms with E-state index in [0.717, 1.165) is 27.8 Å². The van der Waals surface area contributed by atoms with Gasteiger partial charge in [-0.15, -0.1) is 0 Å². The molecule has 5 nitrogen and oxygen atoms in total. The molecule has 2 N–H and O–H groups in total. The number of rotatable bonds is 6. The molecule has 0 heterocycles. The summed E-state index contributed by atoms with van der Waals surface area (Å²) < 4.78 is 5.65. The van der Waals surface area contributed by atoms with E-state index in [4.69, 9.17) is 4.74 Å². The highest BCUT2D eigenvalue weighted by Gasteiger charge is 2.34. The molecule has 30 heavy (non-hydrogen) atoms. The minimum atomic E-state index is -1.10. The Kier molecular flexibility index (Phi) is 5.53. The fourth-order valence-corrected chi connectivity index (χ4v) is 4.16. The maximum Gasteiger partial charge on any atom is 0.408 e. The van der Waals surface area contributed by atoms with Crippen LogP contribution in [0.25, 0.3) is 11.1 Å². The topological polar surface area (TPSA) is 75.6 Å². The van der Waals surface area contributed by atoms with Gasteiger partial charge in [-0.1, -0.05) is 78.9 Å². The first kappa shape index (κ1) is 19.7. The summed E-state index contributed by atoms with van der Waals surface area (Å²) in [4.78, 5) is 24.2. The van der Waals surface area contributed by atoms with Gasteiger partial charge in [0.1, 0.15) is 12.1 Å². The van der Waals surface area contributed by atoms with Gasteiger partial charge in [0.25, 0.3) is 0 Å². The summed E-state index contributed by atoms with van der Waals surface area (Å²) in [6.07, 6.45) is -0.997. The average Bonchev–Trinajstić information content (AvgIpc) is 3.08. The molecule has 152 valence electrons. The van der Waals surface area contributed by atoms with E-state index in [2.05, 4.69) is 17.4 Å². The average molecular weight is 402 g/mol. The van der Waals surface area contributed by atoms with Crippen molar-refractivity contribution in [2.75, 3.05) is 0 Å². The standard InChI is InChI=1S/C25H23NO4/c1-16(23-20-13-7-5-11-18(20)19-12-6-8-14-21(19)23)30-25(29)26-22(24(27)28)15-17-9-3-2-4-10-17/h2-14,16,22-23H,15H2,1H3,(H,26,29)(H,27,28)/t16?,22-/m1/s1/i26+1. The maximum atomic E-state index is 12.5. The number of carbonyl (C=O) groups is 2. The molecule has 1 amide bonds. The fraction of sp³-hybridized carbons (Fsp3) is 0.200. The van der Waals surface area contributed by atoms with Crippen molar-refractivity contribution >= 4 is 12.1 Å². The van der Waals surface area contributed by atoms with Crippen molar-refractivity contribution in [2.45, 2.75) is 31.4 Å². The molecule has 2 atom stereocenters. The Morgan fingerprint density at radius 2 is 1.43 bits per heavy atom. The lowest BCUT2D eigenvalue weighted by Gasteiger charge is -2.23. The smallest absolute Gasteiger partial charge is 0.408 e. The highest BCUT2D eigenvalue weighted by molar-refractivity contribution is 5.81. The second kappa shape index (κ2) is 8.41. The van der Waals surface area contributed by atoms with Crippen LogP contribution in [0.3, 0.4) is 0 Å². The molecule has 0 saturated heterocycles. The summed E-state index contributed by atoms with van der Waals surface area (Å²) in [5.74, 6) is -1.19. The molecule has 0 fully saturated rings. The van der Waals surface area contributed by atoms with E-state index in [-0.39, 0.29) is 12.3 Å². The van der Waals surface area contributed by atoms with Crippen molar-refractivity contribution in [1.82, 2.24) is 5.32 Å². The number of alkyl carbamates (subject to hydrolysis) is 1. The Morgan fingerprint density at radius 1 is 0.900 bits per heavy atom. The molecule has 1 aliphatic carbocycles. The maximum absolute atomic E-state index is 12.5. The van der Waals surface area contributed by atoms with Gasteiger partial charge in [0.2, 0.25) is 0 Å². The van der Waals surface area contributed by atoms with Gasteiger partial charge >= 0.3 is 12.1 Å². The van der Waals surface area contributed by atoms with E-state index in [1.807, 2.05) is 73.7 Å². The van der Waals surface area contributed by atoms with Crippen LogP contribution < -0.4 is 5.32 Å². The van der Waals surface area contributed by atoms with E-state index in [0.29, 0.717) is 0 Å². The molecule has 1 unspecified atom stereocenters. The largest absolute Gasteiger partial charge is 0.480 e. The van der Waals surface area contributed by atoms with Gasteiger partial charge < -0.3 is 15.2 Å². The van der Waals surface area contributed by atoms with Crippen molar-refractivity contribution in [3.8, 4) is 11.1 Å². The Balaban J connectivity index is 1.49. The molecule has 0 spiro atoms. The number of hydrogen-bond donors (Lipinski definition) is 2. The first-order chi connectivity index (χ1) is 14.5. The van der Waals surface area contributed by atoms with Crippen LogP contribution in [-0.4, -0.2) is 29.3 Å². The van der Waals surface area contributed by atoms with Crippen molar-refractivity contribution in [2.24, 2.45) is 0 Å². The number of benzene rings is 3. The van der Waals surface area contributed by atoms with Gasteiger partial charge in [0.05, 0.1) is 0 Å². The lowest BCUT2D eigenvalue weighted by Crippen LogP contribution is -2.43. The third-order valence-electron chi connectivity index (χ3n) is 5.52. The highest BCUT2D eigenvalue weighted by Crippen LogP contribution is 2.46. The molecule has 1 aliphatic rings. The van der Waals surface area contributed by atoms with Crippen molar-refractivity contribution in [1.29, 1.82) is 0 Å². The molecule has 5 heteroatoms. The van der Waals surface area contributed by atoms with Gasteiger partial charge in [0.15, 0.2) is 0 Å². The van der Waals surface area contributed by atoms with Crippen molar-refractivity contribution < 1.29 is 19.4 Å². The number of carboxylic acid groups (broad SMARTS) is 1. The van der Waals surface area contributed by atoms with E-state index < -0.39 is 24.2 Å². The SMILES string of the molecule is CC(OC(=O)[15NH][C@H](Cc1ccccc1)C(=O)O)C1c2ccccc2-c2ccccc21. The Labute approximate surface area is 175 Å². The Hall–Kier alpha value is -3.60. The zero-order valence-electron chi connectivity index (χ0n) is 16.6. The molecule has 0 bridgehead atoms. The number of carbonyl (C=O) groups excluding carboxylic acids is 1. The number of hydrogen-bond acceptors (Lipinski definition) is 3. The lowest BCUT2D eigenvalue weighted by molar-refractivity contribution is -0.139. The number of amides is 1. The molecular weight excluding hydrogens is 379 g/mol. The second-order valence-corrected chi connectivity index (χ2v) is 7.49. The predicted octanol–water partition coefficient (Wildman–Crippen LogP) is 4.61. The molecule has 3 aromatic carbocycles. The zero-order valence-corrected chi connectivity index (χ0v) is 16.6. The van der Waals surface area contributed by atoms with Crippen LogP contribution in [0.5, 0.6) is 0 Å². The number of aliphatic carboxylic acids is 1. The van der Waals surface area contributed by atoms with Gasteiger partial charge in [-0.25, -0.2) is 9.59 Å². The Morgan fingerprint density at radius 3 is 2.00 bits per heavy atom. The van der Waals surface area contributed by atoms with Crippen LogP contribution in [0.1, 0.15) is 29.5 Å². The number of ether oxygens (including phenoxy) is 1. The molecular formula is C25H23NO4. The summed E-state index contributed by atoms with van der Waals surface area (Å²) in [6, 6.07) is 24.3. The normalized spacial score (nSPS) is 14.3. The molecule has 0 aliphatic heterocycles. The summed E-state index contributed by atoms with van der Waals surface area (Å²) in [7, 11) is 0. The first-order valence-electron chi connectivity index (χ1n) is 9.96. The van der Waals surface area contributed by atoms with E-state index in [1.54, 1.807) is 0 Å². The predicted molar refractivity (Wildman–Crippen MR) is 114 cm³/mol. The number of carboxylic acids is 1. The van der Waals surface area contributed by atoms with Crippen LogP contribution in [0.4, 0.5) is 4.79 Å². The van der Waals surface area contributed by atoms with Crippen molar-refractivity contribution in [3.05, 3.63) is 95.6 Å². The highest BCUT2D eigenvalue weighted by atomic mass is 16.6. The lowest BCUT2D eigenvalue weighted by atomic mass is 9.92. The molecule has 0 saturated carbocycles. The summed E-state index contributed by atoms with van der Waals surface area (Å²) in [5.41, 5.74) is 5.33. The minimum Gasteiger partial charge on any atom is -0.480 e. The van der Waals surface area contributed by atoms with E-state index >= 15 is 0 Å². The van der Waals surface area contributed by atoms with Crippen LogP contribution in [-0.2, 0) is 16.0 Å². The zero-order chi connectivity index (χ0) is 21.1. The van der Waals surface area contributed by atoms with E-state index in [1.165, 1.54) is 0 Å². The van der Waals surface area contributed by atoms with E-state index in [9.17, 15) is 14.7 Å². The molecule has 0 radical (unpaired) electrons. The fourth-order valence-electron chi connectivity index (χ4n) is 4.16. The summed E-state index contributed by atoms with van der Waals surface area (Å²) >= 11 is 0. The summed E-state index contributed by atoms with van der Waals surface area (Å²) in [5, 5.41) is 12.0. The quantitative estimate of drug-likeness (QED) is 0.591. The Bertz CT molecular complexity index is 1020. The first-order valence-corrected chi connectivity index (χ1v) is 9.96. The van der Waals surface area contributed by atoms with Gasteiger partial charge in [-0.05, 0) is 34.7 Å². The third-order valence-corrected chi connectivity index (χ3v) is 5.52. The van der Waals surface area contributed by atoms with Gasteiger partial charge in [0, 0.05) is 12.3 Å². The van der Waals surface area contributed by atoms with Crippen LogP contribution >= 0.6 is 0 Å². The van der Waals surface area contributed by atoms with Crippen LogP contribution in [0, 0.1) is 0 Å². The third kappa shape index (κ3) is 3.92. The van der Waals surface area contributed by atoms with Crippen LogP contribution in [0.2, 0.25) is 0 Å². The monoisotopic (exact) mass is 402 g/mol.